The second-order valence-corrected chi connectivity index (χ2v) is 6.56. The number of carbonyl (C=O) groups excluding carboxylic acids is 1. The van der Waals surface area contributed by atoms with E-state index >= 15 is 0 Å². The highest BCUT2D eigenvalue weighted by Crippen LogP contribution is 2.20. The Morgan fingerprint density at radius 1 is 0.885 bits per heavy atom. The first-order valence-corrected chi connectivity index (χ1v) is 8.89. The number of imidazole rings is 1. The quantitative estimate of drug-likeness (QED) is 0.732. The van der Waals surface area contributed by atoms with Crippen molar-refractivity contribution in [1.29, 1.82) is 0 Å². The highest BCUT2D eigenvalue weighted by molar-refractivity contribution is 5.94. The predicted molar refractivity (Wildman–Crippen MR) is 103 cm³/mol. The van der Waals surface area contributed by atoms with Crippen LogP contribution in [0, 0.1) is 0 Å². The normalized spacial score (nSPS) is 14.5. The van der Waals surface area contributed by atoms with Crippen LogP contribution in [0.4, 0.5) is 5.95 Å². The molecule has 0 aliphatic carbocycles. The van der Waals surface area contributed by atoms with Gasteiger partial charge in [-0.25, -0.2) is 4.98 Å². The standard InChI is InChI=1S/C21H22N4O/c1-23-12-11-22-21(23)25-15-13-24(14-16-25)20(26)19-9-7-18(8-10-19)17-5-3-2-4-6-17/h2-12H,13-16H2,1H3. The molecule has 4 rings (SSSR count). The van der Waals surface area contributed by atoms with Crippen molar-refractivity contribution in [2.45, 2.75) is 0 Å². The fourth-order valence-corrected chi connectivity index (χ4v) is 3.39. The van der Waals surface area contributed by atoms with E-state index in [1.165, 1.54) is 0 Å². The SMILES string of the molecule is Cn1ccnc1N1CCN(C(=O)c2ccc(-c3ccccc3)cc2)CC1. The molecule has 5 heteroatoms. The van der Waals surface area contributed by atoms with Crippen molar-refractivity contribution in [3.63, 3.8) is 0 Å². The maximum atomic E-state index is 12.8. The van der Waals surface area contributed by atoms with E-state index in [4.69, 9.17) is 0 Å². The molecule has 0 radical (unpaired) electrons. The molecular weight excluding hydrogens is 324 g/mol. The van der Waals surface area contributed by atoms with Crippen molar-refractivity contribution in [1.82, 2.24) is 14.5 Å². The van der Waals surface area contributed by atoms with Gasteiger partial charge < -0.3 is 14.4 Å². The van der Waals surface area contributed by atoms with Crippen LogP contribution in [0.3, 0.4) is 0 Å². The van der Waals surface area contributed by atoms with E-state index in [1.807, 2.05) is 65.2 Å². The lowest BCUT2D eigenvalue weighted by Gasteiger charge is -2.35. The van der Waals surface area contributed by atoms with Gasteiger partial charge in [0, 0.05) is 51.2 Å². The summed E-state index contributed by atoms with van der Waals surface area (Å²) in [6.07, 6.45) is 3.75. The zero-order valence-electron chi connectivity index (χ0n) is 14.9. The molecule has 1 saturated heterocycles. The van der Waals surface area contributed by atoms with Crippen molar-refractivity contribution >= 4 is 11.9 Å². The summed E-state index contributed by atoms with van der Waals surface area (Å²) < 4.78 is 2.01. The zero-order chi connectivity index (χ0) is 17.9. The summed E-state index contributed by atoms with van der Waals surface area (Å²) in [6.45, 7) is 3.04. The van der Waals surface area contributed by atoms with Crippen LogP contribution in [-0.2, 0) is 7.05 Å². The van der Waals surface area contributed by atoms with E-state index in [0.29, 0.717) is 13.1 Å². The van der Waals surface area contributed by atoms with Crippen LogP contribution in [0.5, 0.6) is 0 Å². The van der Waals surface area contributed by atoms with Gasteiger partial charge in [-0.1, -0.05) is 42.5 Å². The van der Waals surface area contributed by atoms with Crippen LogP contribution in [0.15, 0.2) is 67.0 Å². The van der Waals surface area contributed by atoms with Crippen molar-refractivity contribution in [2.75, 3.05) is 31.1 Å². The summed E-state index contributed by atoms with van der Waals surface area (Å²) in [5, 5.41) is 0. The average molecular weight is 346 g/mol. The number of anilines is 1. The molecule has 3 aromatic rings. The molecule has 1 aromatic heterocycles. The Hall–Kier alpha value is -3.08. The highest BCUT2D eigenvalue weighted by atomic mass is 16.2. The predicted octanol–water partition coefficient (Wildman–Crippen LogP) is 3.05. The lowest BCUT2D eigenvalue weighted by Crippen LogP contribution is -2.49. The number of rotatable bonds is 3. The van der Waals surface area contributed by atoms with Crippen LogP contribution < -0.4 is 4.90 Å². The van der Waals surface area contributed by atoms with Crippen molar-refractivity contribution in [3.05, 3.63) is 72.6 Å². The molecule has 0 spiro atoms. The molecule has 1 amide bonds. The van der Waals surface area contributed by atoms with Gasteiger partial charge in [-0.2, -0.15) is 0 Å². The third-order valence-electron chi connectivity index (χ3n) is 4.88. The van der Waals surface area contributed by atoms with Gasteiger partial charge in [0.05, 0.1) is 0 Å². The van der Waals surface area contributed by atoms with Crippen molar-refractivity contribution < 1.29 is 4.79 Å². The molecule has 0 saturated carbocycles. The topological polar surface area (TPSA) is 41.4 Å². The summed E-state index contributed by atoms with van der Waals surface area (Å²) in [7, 11) is 1.99. The second-order valence-electron chi connectivity index (χ2n) is 6.56. The molecular formula is C21H22N4O. The second kappa shape index (κ2) is 7.04. The molecule has 0 atom stereocenters. The third-order valence-corrected chi connectivity index (χ3v) is 4.88. The van der Waals surface area contributed by atoms with Gasteiger partial charge in [-0.05, 0) is 23.3 Å². The van der Waals surface area contributed by atoms with Gasteiger partial charge in [0.25, 0.3) is 5.91 Å². The smallest absolute Gasteiger partial charge is 0.253 e. The number of hydrogen-bond donors (Lipinski definition) is 0. The maximum Gasteiger partial charge on any atom is 0.253 e. The van der Waals surface area contributed by atoms with Gasteiger partial charge in [0.15, 0.2) is 0 Å². The minimum atomic E-state index is 0.101. The zero-order valence-corrected chi connectivity index (χ0v) is 14.9. The molecule has 26 heavy (non-hydrogen) atoms. The summed E-state index contributed by atoms with van der Waals surface area (Å²) in [5.41, 5.74) is 3.03. The molecule has 0 unspecified atom stereocenters. The minimum Gasteiger partial charge on any atom is -0.339 e. The summed E-state index contributed by atoms with van der Waals surface area (Å²) in [6, 6.07) is 18.1. The van der Waals surface area contributed by atoms with Gasteiger partial charge in [-0.15, -0.1) is 0 Å². The number of carbonyl (C=O) groups is 1. The molecule has 1 fully saturated rings. The molecule has 2 aromatic carbocycles. The largest absolute Gasteiger partial charge is 0.339 e. The Morgan fingerprint density at radius 2 is 1.54 bits per heavy atom. The third kappa shape index (κ3) is 3.20. The van der Waals surface area contributed by atoms with Crippen LogP contribution >= 0.6 is 0 Å². The first kappa shape index (κ1) is 16.4. The Kier molecular flexibility index (Phi) is 4.44. The fraction of sp³-hybridized carbons (Fsp3) is 0.238. The molecule has 1 aliphatic heterocycles. The van der Waals surface area contributed by atoms with Crippen LogP contribution in [0.2, 0.25) is 0 Å². The van der Waals surface area contributed by atoms with Crippen molar-refractivity contribution in [2.24, 2.45) is 7.05 Å². The number of piperazine rings is 1. The van der Waals surface area contributed by atoms with E-state index in [0.717, 1.165) is 35.7 Å². The Labute approximate surface area is 153 Å². The van der Waals surface area contributed by atoms with Crippen LogP contribution in [0.25, 0.3) is 11.1 Å². The summed E-state index contributed by atoms with van der Waals surface area (Å²) in [5.74, 6) is 1.06. The fourth-order valence-electron chi connectivity index (χ4n) is 3.39. The van der Waals surface area contributed by atoms with Crippen LogP contribution in [0.1, 0.15) is 10.4 Å². The Morgan fingerprint density at radius 3 is 2.15 bits per heavy atom. The van der Waals surface area contributed by atoms with Crippen LogP contribution in [-0.4, -0.2) is 46.5 Å². The number of hydrogen-bond acceptors (Lipinski definition) is 3. The molecule has 1 aliphatic rings. The number of nitrogens with zero attached hydrogens (tertiary/aromatic N) is 4. The first-order valence-electron chi connectivity index (χ1n) is 8.89. The number of benzene rings is 2. The summed E-state index contributed by atoms with van der Waals surface area (Å²) in [4.78, 5) is 21.3. The molecule has 0 N–H and O–H groups in total. The van der Waals surface area contributed by atoms with E-state index in [-0.39, 0.29) is 5.91 Å². The number of amides is 1. The molecule has 2 heterocycles. The highest BCUT2D eigenvalue weighted by Gasteiger charge is 2.23. The molecule has 5 nitrogen and oxygen atoms in total. The molecule has 0 bridgehead atoms. The van der Waals surface area contributed by atoms with Gasteiger partial charge in [-0.3, -0.25) is 4.79 Å². The average Bonchev–Trinajstić information content (AvgIpc) is 3.14. The maximum absolute atomic E-state index is 12.8. The van der Waals surface area contributed by atoms with Gasteiger partial charge in [0.1, 0.15) is 0 Å². The Balaban J connectivity index is 1.41. The lowest BCUT2D eigenvalue weighted by atomic mass is 10.0. The van der Waals surface area contributed by atoms with Gasteiger partial charge >= 0.3 is 0 Å². The van der Waals surface area contributed by atoms with Gasteiger partial charge in [0.2, 0.25) is 5.95 Å². The Bertz CT molecular complexity index is 878. The lowest BCUT2D eigenvalue weighted by molar-refractivity contribution is 0.0746. The van der Waals surface area contributed by atoms with E-state index < -0.39 is 0 Å². The first-order chi connectivity index (χ1) is 12.7. The van der Waals surface area contributed by atoms with Crippen molar-refractivity contribution in [3.8, 4) is 11.1 Å². The van der Waals surface area contributed by atoms with E-state index in [2.05, 4.69) is 22.0 Å². The molecule has 132 valence electrons. The van der Waals surface area contributed by atoms with E-state index in [9.17, 15) is 4.79 Å². The monoisotopic (exact) mass is 346 g/mol. The number of aryl methyl sites for hydroxylation is 1. The van der Waals surface area contributed by atoms with E-state index in [1.54, 1.807) is 6.20 Å². The summed E-state index contributed by atoms with van der Waals surface area (Å²) >= 11 is 0. The minimum absolute atomic E-state index is 0.101. The number of aromatic nitrogens is 2.